The molecule has 0 aliphatic rings. The molecule has 0 fully saturated rings. The molecule has 1 aromatic heterocycles. The van der Waals surface area contributed by atoms with Gasteiger partial charge < -0.3 is 5.32 Å². The van der Waals surface area contributed by atoms with Crippen LogP contribution in [0.4, 0.5) is 5.69 Å². The van der Waals surface area contributed by atoms with Crippen LogP contribution in [0, 0.1) is 0 Å². The van der Waals surface area contributed by atoms with Crippen LogP contribution < -0.4 is 10.9 Å². The van der Waals surface area contributed by atoms with Crippen molar-refractivity contribution in [3.8, 4) is 0 Å². The zero-order chi connectivity index (χ0) is 21.8. The van der Waals surface area contributed by atoms with Crippen LogP contribution >= 0.6 is 11.8 Å². The summed E-state index contributed by atoms with van der Waals surface area (Å²) in [6.07, 6.45) is 0.770. The monoisotopic (exact) mass is 423 g/mol. The Hall–Kier alpha value is -2.93. The molecule has 30 heavy (non-hydrogen) atoms. The van der Waals surface area contributed by atoms with Gasteiger partial charge in [-0.25, -0.2) is 4.98 Å². The maximum atomic E-state index is 13.1. The summed E-state index contributed by atoms with van der Waals surface area (Å²) in [5, 5.41) is 3.44. The Kier molecular flexibility index (Phi) is 6.72. The van der Waals surface area contributed by atoms with E-state index in [9.17, 15) is 14.4 Å². The molecule has 0 aliphatic carbocycles. The molecule has 1 amide bonds. The minimum absolute atomic E-state index is 0.0420. The fourth-order valence-electron chi connectivity index (χ4n) is 3.05. The normalized spacial score (nSPS) is 13.1. The average Bonchev–Trinajstić information content (AvgIpc) is 2.73. The molecule has 6 nitrogen and oxygen atoms in total. The number of fused-ring (bicyclic) bond motifs is 1. The molecule has 0 saturated carbocycles. The predicted octanol–water partition coefficient (Wildman–Crippen LogP) is 4.69. The fraction of sp³-hybridized carbons (Fsp3) is 0.304. The molecule has 156 valence electrons. The van der Waals surface area contributed by atoms with Crippen molar-refractivity contribution in [1.29, 1.82) is 0 Å². The molecule has 0 aliphatic heterocycles. The number of nitrogens with zero attached hydrogens (tertiary/aromatic N) is 2. The predicted molar refractivity (Wildman–Crippen MR) is 121 cm³/mol. The Morgan fingerprint density at radius 2 is 1.87 bits per heavy atom. The first-order valence-electron chi connectivity index (χ1n) is 9.91. The van der Waals surface area contributed by atoms with Gasteiger partial charge in [0.2, 0.25) is 5.91 Å². The van der Waals surface area contributed by atoms with Gasteiger partial charge >= 0.3 is 0 Å². The van der Waals surface area contributed by atoms with Gasteiger partial charge in [-0.15, -0.1) is 0 Å². The molecule has 0 radical (unpaired) electrons. The van der Waals surface area contributed by atoms with Crippen molar-refractivity contribution in [2.24, 2.45) is 0 Å². The number of para-hydroxylation sites is 1. The minimum atomic E-state index is -0.491. The molecule has 0 unspecified atom stereocenters. The number of anilines is 1. The number of ketones is 1. The number of carbonyl (C=O) groups excluding carboxylic acids is 2. The SMILES string of the molecule is CC[C@H](C)n1c(S[C@H](C)C(=O)Nc2cccc(C(C)=O)c2)nc2ccccc2c1=O. The summed E-state index contributed by atoms with van der Waals surface area (Å²) in [4.78, 5) is 42.1. The van der Waals surface area contributed by atoms with Crippen LogP contribution in [0.5, 0.6) is 0 Å². The van der Waals surface area contributed by atoms with Gasteiger partial charge in [-0.05, 0) is 51.5 Å². The summed E-state index contributed by atoms with van der Waals surface area (Å²) in [6, 6.07) is 14.0. The van der Waals surface area contributed by atoms with Crippen LogP contribution in [0.15, 0.2) is 58.5 Å². The summed E-state index contributed by atoms with van der Waals surface area (Å²) < 4.78 is 1.67. The third-order valence-electron chi connectivity index (χ3n) is 5.00. The van der Waals surface area contributed by atoms with Crippen LogP contribution in [0.25, 0.3) is 10.9 Å². The van der Waals surface area contributed by atoms with Crippen molar-refractivity contribution in [2.45, 2.75) is 50.6 Å². The Balaban J connectivity index is 1.89. The number of hydrogen-bond acceptors (Lipinski definition) is 5. The number of thioether (sulfide) groups is 1. The van der Waals surface area contributed by atoms with Crippen molar-refractivity contribution >= 4 is 40.0 Å². The van der Waals surface area contributed by atoms with E-state index >= 15 is 0 Å². The highest BCUT2D eigenvalue weighted by atomic mass is 32.2. The Bertz CT molecular complexity index is 1160. The van der Waals surface area contributed by atoms with E-state index in [1.807, 2.05) is 26.0 Å². The number of aromatic nitrogens is 2. The molecule has 1 N–H and O–H groups in total. The summed E-state index contributed by atoms with van der Waals surface area (Å²) in [7, 11) is 0. The lowest BCUT2D eigenvalue weighted by atomic mass is 10.1. The topological polar surface area (TPSA) is 81.1 Å². The van der Waals surface area contributed by atoms with Crippen molar-refractivity contribution in [1.82, 2.24) is 9.55 Å². The quantitative estimate of drug-likeness (QED) is 0.339. The highest BCUT2D eigenvalue weighted by molar-refractivity contribution is 8.00. The van der Waals surface area contributed by atoms with Crippen molar-refractivity contribution in [3.05, 3.63) is 64.4 Å². The second kappa shape index (κ2) is 9.26. The molecule has 7 heteroatoms. The first-order chi connectivity index (χ1) is 14.3. The lowest BCUT2D eigenvalue weighted by Crippen LogP contribution is -2.28. The van der Waals surface area contributed by atoms with Crippen molar-refractivity contribution in [3.63, 3.8) is 0 Å². The Morgan fingerprint density at radius 3 is 2.57 bits per heavy atom. The molecule has 0 saturated heterocycles. The summed E-state index contributed by atoms with van der Waals surface area (Å²) in [6.45, 7) is 7.24. The van der Waals surface area contributed by atoms with Crippen LogP contribution in [-0.4, -0.2) is 26.5 Å². The average molecular weight is 424 g/mol. The van der Waals surface area contributed by atoms with Gasteiger partial charge in [0.1, 0.15) is 0 Å². The first kappa shape index (κ1) is 21.8. The molecule has 3 rings (SSSR count). The zero-order valence-electron chi connectivity index (χ0n) is 17.5. The maximum Gasteiger partial charge on any atom is 0.262 e. The van der Waals surface area contributed by atoms with Crippen LogP contribution in [-0.2, 0) is 4.79 Å². The molecule has 0 bridgehead atoms. The molecule has 2 aromatic carbocycles. The summed E-state index contributed by atoms with van der Waals surface area (Å²) in [5.74, 6) is -0.287. The third kappa shape index (κ3) is 4.62. The Labute approximate surface area is 179 Å². The molecular weight excluding hydrogens is 398 g/mol. The lowest BCUT2D eigenvalue weighted by molar-refractivity contribution is -0.115. The summed E-state index contributed by atoms with van der Waals surface area (Å²) >= 11 is 1.25. The van der Waals surface area contributed by atoms with Crippen LogP contribution in [0.3, 0.4) is 0 Å². The van der Waals surface area contributed by atoms with E-state index in [-0.39, 0.29) is 23.3 Å². The van der Waals surface area contributed by atoms with Gasteiger partial charge in [0.05, 0.1) is 16.2 Å². The van der Waals surface area contributed by atoms with Gasteiger partial charge in [-0.1, -0.05) is 43.0 Å². The molecule has 1 heterocycles. The van der Waals surface area contributed by atoms with E-state index in [1.54, 1.807) is 47.9 Å². The highest BCUT2D eigenvalue weighted by Gasteiger charge is 2.21. The van der Waals surface area contributed by atoms with E-state index < -0.39 is 5.25 Å². The lowest BCUT2D eigenvalue weighted by Gasteiger charge is -2.20. The maximum absolute atomic E-state index is 13.1. The number of carbonyl (C=O) groups is 2. The van der Waals surface area contributed by atoms with Gasteiger partial charge in [0.15, 0.2) is 10.9 Å². The van der Waals surface area contributed by atoms with E-state index in [2.05, 4.69) is 10.3 Å². The largest absolute Gasteiger partial charge is 0.325 e. The van der Waals surface area contributed by atoms with Crippen LogP contribution in [0.2, 0.25) is 0 Å². The van der Waals surface area contributed by atoms with Crippen molar-refractivity contribution < 1.29 is 9.59 Å². The zero-order valence-corrected chi connectivity index (χ0v) is 18.3. The number of rotatable bonds is 7. The highest BCUT2D eigenvalue weighted by Crippen LogP contribution is 2.26. The number of Topliss-reactive ketones (excluding diaryl/α,β-unsaturated/α-hetero) is 1. The third-order valence-corrected chi connectivity index (χ3v) is 6.06. The van der Waals surface area contributed by atoms with E-state index in [0.29, 0.717) is 27.3 Å². The fourth-order valence-corrected chi connectivity index (χ4v) is 4.06. The van der Waals surface area contributed by atoms with E-state index in [0.717, 1.165) is 6.42 Å². The number of amides is 1. The van der Waals surface area contributed by atoms with Gasteiger partial charge in [0, 0.05) is 17.3 Å². The Morgan fingerprint density at radius 1 is 1.13 bits per heavy atom. The first-order valence-corrected chi connectivity index (χ1v) is 10.8. The summed E-state index contributed by atoms with van der Waals surface area (Å²) in [5.41, 5.74) is 1.62. The molecule has 2 atom stereocenters. The standard InChI is InChI=1S/C23H25N3O3S/c1-5-14(2)26-22(29)19-11-6-7-12-20(19)25-23(26)30-16(4)21(28)24-18-10-8-9-17(13-18)15(3)27/h6-14,16H,5H2,1-4H3,(H,24,28)/t14-,16+/m0/s1. The number of nitrogens with one attached hydrogen (secondary N) is 1. The van der Waals surface area contributed by atoms with E-state index in [1.165, 1.54) is 18.7 Å². The van der Waals surface area contributed by atoms with Gasteiger partial charge in [-0.3, -0.25) is 19.0 Å². The molecule has 3 aromatic rings. The van der Waals surface area contributed by atoms with E-state index in [4.69, 9.17) is 0 Å². The second-order valence-electron chi connectivity index (χ2n) is 7.23. The van der Waals surface area contributed by atoms with Gasteiger partial charge in [0.25, 0.3) is 5.56 Å². The van der Waals surface area contributed by atoms with Gasteiger partial charge in [-0.2, -0.15) is 0 Å². The molecule has 0 spiro atoms. The minimum Gasteiger partial charge on any atom is -0.325 e. The smallest absolute Gasteiger partial charge is 0.262 e. The second-order valence-corrected chi connectivity index (χ2v) is 8.54. The van der Waals surface area contributed by atoms with Crippen LogP contribution in [0.1, 0.15) is 50.5 Å². The number of hydrogen-bond donors (Lipinski definition) is 1. The molecular formula is C23H25N3O3S. The number of benzene rings is 2. The van der Waals surface area contributed by atoms with Crippen molar-refractivity contribution in [2.75, 3.05) is 5.32 Å².